The van der Waals surface area contributed by atoms with Crippen molar-refractivity contribution in [2.75, 3.05) is 17.7 Å². The summed E-state index contributed by atoms with van der Waals surface area (Å²) in [5.74, 6) is 1.44. The summed E-state index contributed by atoms with van der Waals surface area (Å²) in [4.78, 5) is 11.8. The lowest BCUT2D eigenvalue weighted by molar-refractivity contribution is -0.116. The minimum absolute atomic E-state index is 0.132. The van der Waals surface area contributed by atoms with Crippen molar-refractivity contribution in [1.82, 2.24) is 10.2 Å². The molecular weight excluding hydrogens is 268 g/mol. The first kappa shape index (κ1) is 14.9. The smallest absolute Gasteiger partial charge is 0.229 e. The Morgan fingerprint density at radius 3 is 2.71 bits per heavy atom. The van der Waals surface area contributed by atoms with Gasteiger partial charge < -0.3 is 15.8 Å². The summed E-state index contributed by atoms with van der Waals surface area (Å²) in [5, 5.41) is 9.66. The molecule has 0 radical (unpaired) electrons. The number of nitrogens with one attached hydrogen (secondary N) is 2. The topological polar surface area (TPSA) is 93.0 Å². The fourth-order valence-corrected chi connectivity index (χ4v) is 1.73. The number of ether oxygens (including phenoxy) is 1. The van der Waals surface area contributed by atoms with Crippen molar-refractivity contribution in [3.63, 3.8) is 0 Å². The van der Waals surface area contributed by atoms with Gasteiger partial charge in [0.1, 0.15) is 5.75 Å². The molecule has 4 N–H and O–H groups in total. The molecule has 0 fully saturated rings. The van der Waals surface area contributed by atoms with Crippen LogP contribution in [0.5, 0.6) is 5.75 Å². The number of amides is 1. The predicted molar refractivity (Wildman–Crippen MR) is 82.3 cm³/mol. The molecule has 1 heterocycles. The Bertz CT molecular complexity index is 590. The van der Waals surface area contributed by atoms with E-state index in [0.29, 0.717) is 29.8 Å². The lowest BCUT2D eigenvalue weighted by Crippen LogP contribution is -2.15. The second kappa shape index (κ2) is 6.78. The molecule has 0 saturated heterocycles. The molecule has 0 aliphatic heterocycles. The molecule has 0 unspecified atom stereocenters. The summed E-state index contributed by atoms with van der Waals surface area (Å²) in [6.45, 7) is 4.41. The van der Waals surface area contributed by atoms with Gasteiger partial charge in [0.2, 0.25) is 5.91 Å². The van der Waals surface area contributed by atoms with Crippen LogP contribution in [0.3, 0.4) is 0 Å². The molecule has 0 aliphatic rings. The van der Waals surface area contributed by atoms with Crippen molar-refractivity contribution < 1.29 is 9.53 Å². The van der Waals surface area contributed by atoms with Gasteiger partial charge in [-0.1, -0.05) is 13.8 Å². The van der Waals surface area contributed by atoms with Gasteiger partial charge in [-0.05, 0) is 30.2 Å². The molecule has 2 aromatic rings. The largest absolute Gasteiger partial charge is 0.493 e. The van der Waals surface area contributed by atoms with Crippen molar-refractivity contribution in [2.45, 2.75) is 26.2 Å². The van der Waals surface area contributed by atoms with Gasteiger partial charge in [-0.3, -0.25) is 9.89 Å². The highest BCUT2D eigenvalue weighted by molar-refractivity contribution is 5.89. The molecule has 2 rings (SSSR count). The van der Waals surface area contributed by atoms with Gasteiger partial charge in [-0.2, -0.15) is 5.10 Å². The summed E-state index contributed by atoms with van der Waals surface area (Å²) < 4.78 is 5.47. The number of nitrogens with two attached hydrogens (primary N) is 1. The number of nitrogens with zero attached hydrogens (tertiary/aromatic N) is 1. The number of rotatable bonds is 6. The van der Waals surface area contributed by atoms with Gasteiger partial charge in [0.15, 0.2) is 5.82 Å². The molecule has 112 valence electrons. The number of hydrogen-bond acceptors (Lipinski definition) is 4. The van der Waals surface area contributed by atoms with E-state index in [4.69, 9.17) is 10.5 Å². The maximum absolute atomic E-state index is 11.8. The van der Waals surface area contributed by atoms with E-state index in [1.54, 1.807) is 24.3 Å². The van der Waals surface area contributed by atoms with Gasteiger partial charge >= 0.3 is 0 Å². The second-order valence-electron chi connectivity index (χ2n) is 5.08. The van der Waals surface area contributed by atoms with Crippen LogP contribution in [0, 0.1) is 0 Å². The average Bonchev–Trinajstić information content (AvgIpc) is 2.90. The molecule has 0 saturated carbocycles. The number of hydrogen-bond donors (Lipinski definition) is 3. The Morgan fingerprint density at radius 1 is 1.38 bits per heavy atom. The van der Waals surface area contributed by atoms with Gasteiger partial charge in [-0.25, -0.2) is 0 Å². The predicted octanol–water partition coefficient (Wildman–Crippen LogP) is 2.52. The summed E-state index contributed by atoms with van der Waals surface area (Å²) in [7, 11) is 0. The van der Waals surface area contributed by atoms with Crippen LogP contribution in [0.15, 0.2) is 30.3 Å². The fraction of sp³-hybridized carbons (Fsp3) is 0.333. The molecule has 0 bridgehead atoms. The van der Waals surface area contributed by atoms with Crippen LogP contribution in [0.25, 0.3) is 0 Å². The Kier molecular flexibility index (Phi) is 4.81. The minimum Gasteiger partial charge on any atom is -0.493 e. The quantitative estimate of drug-likeness (QED) is 0.712. The molecule has 1 aromatic heterocycles. The van der Waals surface area contributed by atoms with Crippen LogP contribution in [-0.2, 0) is 4.79 Å². The molecule has 0 atom stereocenters. The van der Waals surface area contributed by atoms with Gasteiger partial charge in [0, 0.05) is 17.4 Å². The minimum atomic E-state index is -0.132. The Morgan fingerprint density at radius 2 is 2.10 bits per heavy atom. The highest BCUT2D eigenvalue weighted by atomic mass is 16.5. The molecule has 21 heavy (non-hydrogen) atoms. The third kappa shape index (κ3) is 4.52. The summed E-state index contributed by atoms with van der Waals surface area (Å²) >= 11 is 0. The zero-order valence-corrected chi connectivity index (χ0v) is 12.2. The zero-order valence-electron chi connectivity index (χ0n) is 12.2. The van der Waals surface area contributed by atoms with Crippen molar-refractivity contribution in [2.24, 2.45) is 0 Å². The van der Waals surface area contributed by atoms with Crippen molar-refractivity contribution >= 4 is 17.4 Å². The van der Waals surface area contributed by atoms with E-state index in [2.05, 4.69) is 29.4 Å². The molecule has 1 amide bonds. The number of H-pyrrole nitrogens is 1. The molecule has 0 spiro atoms. The number of benzene rings is 1. The van der Waals surface area contributed by atoms with E-state index in [1.807, 2.05) is 6.07 Å². The molecule has 1 aromatic carbocycles. The SMILES string of the molecule is CC(C)c1cc(NC(=O)CCOc2ccc(N)cc2)n[nH]1. The van der Waals surface area contributed by atoms with E-state index in [0.717, 1.165) is 5.69 Å². The first-order valence-corrected chi connectivity index (χ1v) is 6.88. The summed E-state index contributed by atoms with van der Waals surface area (Å²) in [6, 6.07) is 8.90. The molecule has 0 aliphatic carbocycles. The standard InChI is InChI=1S/C15H20N4O2/c1-10(2)13-9-14(19-18-13)17-15(20)7-8-21-12-5-3-11(16)4-6-12/h3-6,9-10H,7-8,16H2,1-2H3,(H2,17,18,19,20). The van der Waals surface area contributed by atoms with E-state index in [1.165, 1.54) is 0 Å². The lowest BCUT2D eigenvalue weighted by Gasteiger charge is -2.06. The number of nitrogen functional groups attached to an aromatic ring is 1. The van der Waals surface area contributed by atoms with E-state index >= 15 is 0 Å². The fourth-order valence-electron chi connectivity index (χ4n) is 1.73. The maximum Gasteiger partial charge on any atom is 0.229 e. The monoisotopic (exact) mass is 288 g/mol. The highest BCUT2D eigenvalue weighted by Crippen LogP contribution is 2.15. The number of aromatic nitrogens is 2. The second-order valence-corrected chi connectivity index (χ2v) is 5.08. The van der Waals surface area contributed by atoms with Gasteiger partial charge in [-0.15, -0.1) is 0 Å². The highest BCUT2D eigenvalue weighted by Gasteiger charge is 2.08. The summed E-state index contributed by atoms with van der Waals surface area (Å²) in [6.07, 6.45) is 0.258. The van der Waals surface area contributed by atoms with Crippen molar-refractivity contribution in [1.29, 1.82) is 0 Å². The van der Waals surface area contributed by atoms with Crippen molar-refractivity contribution in [3.8, 4) is 5.75 Å². The number of anilines is 2. The van der Waals surface area contributed by atoms with Crippen LogP contribution in [-0.4, -0.2) is 22.7 Å². The van der Waals surface area contributed by atoms with Crippen LogP contribution in [0.2, 0.25) is 0 Å². The average molecular weight is 288 g/mol. The Hall–Kier alpha value is -2.50. The zero-order chi connectivity index (χ0) is 15.2. The van der Waals surface area contributed by atoms with Crippen LogP contribution < -0.4 is 15.8 Å². The molecular formula is C15H20N4O2. The van der Waals surface area contributed by atoms with Crippen LogP contribution >= 0.6 is 0 Å². The third-order valence-electron chi connectivity index (χ3n) is 2.97. The van der Waals surface area contributed by atoms with Crippen LogP contribution in [0.1, 0.15) is 31.9 Å². The Balaban J connectivity index is 1.75. The van der Waals surface area contributed by atoms with E-state index in [9.17, 15) is 4.79 Å². The number of carbonyl (C=O) groups is 1. The maximum atomic E-state index is 11.8. The first-order chi connectivity index (χ1) is 10.0. The van der Waals surface area contributed by atoms with Gasteiger partial charge in [0.05, 0.1) is 13.0 Å². The number of carbonyl (C=O) groups excluding carboxylic acids is 1. The normalized spacial score (nSPS) is 10.6. The van der Waals surface area contributed by atoms with E-state index in [-0.39, 0.29) is 12.3 Å². The first-order valence-electron chi connectivity index (χ1n) is 6.88. The summed E-state index contributed by atoms with van der Waals surface area (Å²) in [5.41, 5.74) is 7.25. The lowest BCUT2D eigenvalue weighted by atomic mass is 10.1. The molecule has 6 heteroatoms. The van der Waals surface area contributed by atoms with Crippen LogP contribution in [0.4, 0.5) is 11.5 Å². The Labute approximate surface area is 123 Å². The third-order valence-corrected chi connectivity index (χ3v) is 2.97. The van der Waals surface area contributed by atoms with Crippen molar-refractivity contribution in [3.05, 3.63) is 36.0 Å². The molecule has 6 nitrogen and oxygen atoms in total. The van der Waals surface area contributed by atoms with E-state index < -0.39 is 0 Å². The van der Waals surface area contributed by atoms with Gasteiger partial charge in [0.25, 0.3) is 0 Å². The number of aromatic amines is 1.